The Labute approximate surface area is 150 Å². The van der Waals surface area contributed by atoms with Crippen LogP contribution in [-0.2, 0) is 6.42 Å². The molecule has 0 aromatic heterocycles. The number of rotatable bonds is 3. The number of ketones is 1. The van der Waals surface area contributed by atoms with Crippen LogP contribution in [0.1, 0.15) is 47.2 Å². The first-order chi connectivity index (χ1) is 12.1. The molecule has 0 amide bonds. The van der Waals surface area contributed by atoms with Gasteiger partial charge in [-0.25, -0.2) is 0 Å². The monoisotopic (exact) mass is 338 g/mol. The van der Waals surface area contributed by atoms with E-state index in [9.17, 15) is 4.79 Å². The Hall–Kier alpha value is -2.55. The van der Waals surface area contributed by atoms with Gasteiger partial charge in [-0.05, 0) is 67.6 Å². The summed E-state index contributed by atoms with van der Waals surface area (Å²) in [6, 6.07) is 13.6. The number of methoxy groups -OCH3 is 2. The van der Waals surface area contributed by atoms with Crippen LogP contribution in [0.15, 0.2) is 55.1 Å². The van der Waals surface area contributed by atoms with E-state index in [2.05, 4.69) is 6.58 Å². The number of Topliss-reactive ketones (excluding diaryl/α,β-unsaturated/α-hetero) is 1. The van der Waals surface area contributed by atoms with E-state index >= 15 is 0 Å². The van der Waals surface area contributed by atoms with Gasteiger partial charge in [0.15, 0.2) is 5.78 Å². The second kappa shape index (κ2) is 9.07. The summed E-state index contributed by atoms with van der Waals surface area (Å²) in [5.41, 5.74) is 2.99. The Balaban J connectivity index is 0.000000701. The van der Waals surface area contributed by atoms with E-state index in [1.807, 2.05) is 49.4 Å². The molecule has 1 aliphatic rings. The SMILES string of the molecule is C=CC.COc1ccc(C2CCCc3cc(OC)ccc3C2=O)cc1. The summed E-state index contributed by atoms with van der Waals surface area (Å²) in [5, 5.41) is 0. The molecule has 2 aromatic rings. The molecule has 132 valence electrons. The average molecular weight is 338 g/mol. The van der Waals surface area contributed by atoms with Crippen molar-refractivity contribution in [3.05, 3.63) is 71.8 Å². The fourth-order valence-electron chi connectivity index (χ4n) is 3.11. The fraction of sp³-hybridized carbons (Fsp3) is 0.318. The normalized spacial score (nSPS) is 16.0. The van der Waals surface area contributed by atoms with E-state index < -0.39 is 0 Å². The number of fused-ring (bicyclic) bond motifs is 1. The van der Waals surface area contributed by atoms with E-state index in [1.54, 1.807) is 20.3 Å². The smallest absolute Gasteiger partial charge is 0.170 e. The number of hydrogen-bond donors (Lipinski definition) is 0. The van der Waals surface area contributed by atoms with Crippen LogP contribution < -0.4 is 9.47 Å². The number of ether oxygens (including phenoxy) is 2. The molecule has 0 fully saturated rings. The number of aryl methyl sites for hydroxylation is 1. The van der Waals surface area contributed by atoms with E-state index in [0.717, 1.165) is 47.5 Å². The third-order valence-corrected chi connectivity index (χ3v) is 4.35. The minimum atomic E-state index is -0.0689. The molecule has 0 spiro atoms. The summed E-state index contributed by atoms with van der Waals surface area (Å²) < 4.78 is 10.5. The average Bonchev–Trinajstić information content (AvgIpc) is 2.81. The highest BCUT2D eigenvalue weighted by atomic mass is 16.5. The van der Waals surface area contributed by atoms with Crippen LogP contribution in [0.3, 0.4) is 0 Å². The predicted molar refractivity (Wildman–Crippen MR) is 102 cm³/mol. The van der Waals surface area contributed by atoms with Crippen LogP contribution in [0, 0.1) is 0 Å². The van der Waals surface area contributed by atoms with Crippen LogP contribution in [0.2, 0.25) is 0 Å². The zero-order chi connectivity index (χ0) is 18.2. The van der Waals surface area contributed by atoms with Crippen molar-refractivity contribution in [1.82, 2.24) is 0 Å². The molecule has 1 atom stereocenters. The topological polar surface area (TPSA) is 35.5 Å². The molecule has 0 bridgehead atoms. The van der Waals surface area contributed by atoms with Crippen molar-refractivity contribution in [2.75, 3.05) is 14.2 Å². The third-order valence-electron chi connectivity index (χ3n) is 4.35. The van der Waals surface area contributed by atoms with E-state index in [4.69, 9.17) is 9.47 Å². The lowest BCUT2D eigenvalue weighted by Crippen LogP contribution is -2.12. The summed E-state index contributed by atoms with van der Waals surface area (Å²) in [6.07, 6.45) is 4.55. The van der Waals surface area contributed by atoms with Gasteiger partial charge in [-0.3, -0.25) is 4.79 Å². The Bertz CT molecular complexity index is 717. The maximum absolute atomic E-state index is 12.9. The molecule has 3 nitrogen and oxygen atoms in total. The van der Waals surface area contributed by atoms with Crippen LogP contribution in [-0.4, -0.2) is 20.0 Å². The minimum absolute atomic E-state index is 0.0689. The first-order valence-electron chi connectivity index (χ1n) is 8.56. The van der Waals surface area contributed by atoms with Crippen molar-refractivity contribution in [3.63, 3.8) is 0 Å². The highest BCUT2D eigenvalue weighted by Gasteiger charge is 2.27. The third kappa shape index (κ3) is 4.50. The van der Waals surface area contributed by atoms with Gasteiger partial charge in [-0.15, -0.1) is 6.58 Å². The zero-order valence-corrected chi connectivity index (χ0v) is 15.2. The van der Waals surface area contributed by atoms with Gasteiger partial charge in [-0.2, -0.15) is 0 Å². The lowest BCUT2D eigenvalue weighted by Gasteiger charge is -2.15. The molecule has 3 rings (SSSR count). The van der Waals surface area contributed by atoms with Crippen molar-refractivity contribution < 1.29 is 14.3 Å². The summed E-state index contributed by atoms with van der Waals surface area (Å²) in [6.45, 7) is 5.25. The molecule has 0 radical (unpaired) electrons. The summed E-state index contributed by atoms with van der Waals surface area (Å²) in [4.78, 5) is 12.9. The predicted octanol–water partition coefficient (Wildman–Crippen LogP) is 5.20. The molecule has 0 saturated heterocycles. The van der Waals surface area contributed by atoms with Gasteiger partial charge in [0.05, 0.1) is 14.2 Å². The Morgan fingerprint density at radius 2 is 1.64 bits per heavy atom. The Kier molecular flexibility index (Phi) is 6.81. The van der Waals surface area contributed by atoms with Crippen molar-refractivity contribution >= 4 is 5.78 Å². The Morgan fingerprint density at radius 1 is 1.04 bits per heavy atom. The number of allylic oxidation sites excluding steroid dienone is 1. The van der Waals surface area contributed by atoms with Gasteiger partial charge in [0.1, 0.15) is 11.5 Å². The fourth-order valence-corrected chi connectivity index (χ4v) is 3.11. The first kappa shape index (κ1) is 18.8. The van der Waals surface area contributed by atoms with Gasteiger partial charge < -0.3 is 9.47 Å². The summed E-state index contributed by atoms with van der Waals surface area (Å²) >= 11 is 0. The molecule has 0 heterocycles. The van der Waals surface area contributed by atoms with Crippen LogP contribution in [0.5, 0.6) is 11.5 Å². The van der Waals surface area contributed by atoms with E-state index in [1.165, 1.54) is 0 Å². The lowest BCUT2D eigenvalue weighted by molar-refractivity contribution is 0.0957. The largest absolute Gasteiger partial charge is 0.497 e. The molecule has 0 aliphatic heterocycles. The van der Waals surface area contributed by atoms with Crippen LogP contribution >= 0.6 is 0 Å². The molecule has 3 heteroatoms. The lowest BCUT2D eigenvalue weighted by atomic mass is 9.88. The number of carbonyl (C=O) groups excluding carboxylic acids is 1. The van der Waals surface area contributed by atoms with Crippen molar-refractivity contribution in [2.24, 2.45) is 0 Å². The standard InChI is InChI=1S/C19H20O3.C3H6/c1-21-15-8-6-13(7-9-15)17-5-3-4-14-12-16(22-2)10-11-18(14)19(17)20;1-3-2/h6-12,17H,3-5H2,1-2H3;3H,1H2,2H3. The second-order valence-electron chi connectivity index (χ2n) is 6.01. The highest BCUT2D eigenvalue weighted by molar-refractivity contribution is 6.02. The molecule has 1 aliphatic carbocycles. The van der Waals surface area contributed by atoms with Crippen LogP contribution in [0.25, 0.3) is 0 Å². The minimum Gasteiger partial charge on any atom is -0.497 e. The highest BCUT2D eigenvalue weighted by Crippen LogP contribution is 2.33. The Morgan fingerprint density at radius 3 is 2.24 bits per heavy atom. The van der Waals surface area contributed by atoms with Crippen molar-refractivity contribution in [2.45, 2.75) is 32.1 Å². The van der Waals surface area contributed by atoms with Crippen LogP contribution in [0.4, 0.5) is 0 Å². The quantitative estimate of drug-likeness (QED) is 0.570. The molecule has 2 aromatic carbocycles. The van der Waals surface area contributed by atoms with Crippen molar-refractivity contribution in [1.29, 1.82) is 0 Å². The number of benzene rings is 2. The molecule has 25 heavy (non-hydrogen) atoms. The second-order valence-corrected chi connectivity index (χ2v) is 6.01. The van der Waals surface area contributed by atoms with Gasteiger partial charge in [0.25, 0.3) is 0 Å². The van der Waals surface area contributed by atoms with Gasteiger partial charge in [0, 0.05) is 11.5 Å². The summed E-state index contributed by atoms with van der Waals surface area (Å²) in [7, 11) is 3.30. The molecule has 0 saturated carbocycles. The van der Waals surface area contributed by atoms with Gasteiger partial charge >= 0.3 is 0 Å². The van der Waals surface area contributed by atoms with Gasteiger partial charge in [0.2, 0.25) is 0 Å². The molecular formula is C22H26O3. The first-order valence-corrected chi connectivity index (χ1v) is 8.56. The molecular weight excluding hydrogens is 312 g/mol. The number of carbonyl (C=O) groups is 1. The van der Waals surface area contributed by atoms with E-state index in [-0.39, 0.29) is 11.7 Å². The maximum atomic E-state index is 12.9. The molecule has 0 N–H and O–H groups in total. The van der Waals surface area contributed by atoms with Gasteiger partial charge in [-0.1, -0.05) is 18.2 Å². The van der Waals surface area contributed by atoms with Crippen molar-refractivity contribution in [3.8, 4) is 11.5 Å². The maximum Gasteiger partial charge on any atom is 0.170 e. The summed E-state index contributed by atoms with van der Waals surface area (Å²) in [5.74, 6) is 1.77. The molecule has 1 unspecified atom stereocenters. The van der Waals surface area contributed by atoms with E-state index in [0.29, 0.717) is 0 Å². The zero-order valence-electron chi connectivity index (χ0n) is 15.2. The number of hydrogen-bond acceptors (Lipinski definition) is 3.